The van der Waals surface area contributed by atoms with E-state index in [-0.39, 0.29) is 17.9 Å². The number of aryl methyl sites for hydroxylation is 1. The lowest BCUT2D eigenvalue weighted by atomic mass is 10.2. The first-order chi connectivity index (χ1) is 12.5. The first kappa shape index (κ1) is 18.8. The van der Waals surface area contributed by atoms with Crippen LogP contribution >= 0.6 is 0 Å². The van der Waals surface area contributed by atoms with Crippen LogP contribution in [0.3, 0.4) is 0 Å². The van der Waals surface area contributed by atoms with Gasteiger partial charge >= 0.3 is 0 Å². The van der Waals surface area contributed by atoms with Crippen molar-refractivity contribution in [1.82, 2.24) is 19.9 Å². The van der Waals surface area contributed by atoms with Crippen LogP contribution in [0.2, 0.25) is 0 Å². The zero-order valence-electron chi connectivity index (χ0n) is 15.4. The quantitative estimate of drug-likeness (QED) is 0.772. The molecule has 0 spiro atoms. The average molecular weight is 365 g/mol. The van der Waals surface area contributed by atoms with Gasteiger partial charge in [0, 0.05) is 45.3 Å². The van der Waals surface area contributed by atoms with Gasteiger partial charge in [0.15, 0.2) is 5.82 Å². The maximum Gasteiger partial charge on any atom is 0.242 e. The molecular weight excluding hydrogens is 338 g/mol. The molecule has 2 saturated heterocycles. The zero-order valence-corrected chi connectivity index (χ0v) is 15.4. The van der Waals surface area contributed by atoms with Crippen molar-refractivity contribution >= 4 is 17.6 Å². The molecule has 26 heavy (non-hydrogen) atoms. The molecule has 1 aromatic heterocycles. The Kier molecular flexibility index (Phi) is 6.23. The second kappa shape index (κ2) is 8.61. The third kappa shape index (κ3) is 4.80. The fraction of sp³-hybridized carbons (Fsp3) is 0.706. The Balaban J connectivity index is 1.42. The molecule has 0 aliphatic carbocycles. The number of nitrogens with zero attached hydrogens (tertiary/aromatic N) is 4. The number of morpholine rings is 1. The normalized spacial score (nSPS) is 20.8. The van der Waals surface area contributed by atoms with Gasteiger partial charge in [-0.3, -0.25) is 19.4 Å². The van der Waals surface area contributed by atoms with Gasteiger partial charge in [-0.05, 0) is 13.8 Å². The Morgan fingerprint density at radius 3 is 2.50 bits per heavy atom. The van der Waals surface area contributed by atoms with E-state index in [1.807, 2.05) is 11.8 Å². The standard InChI is InChI=1S/C17H27N5O4/c1-13-11-15(19-26-13)18-17(24)14(2)21-5-3-20(4-6-21)12-16(23)22-7-9-25-10-8-22/h11,14H,3-10,12H2,1-2H3,(H,18,19,24). The van der Waals surface area contributed by atoms with Crippen LogP contribution in [-0.4, -0.2) is 96.7 Å². The van der Waals surface area contributed by atoms with Crippen molar-refractivity contribution in [3.63, 3.8) is 0 Å². The van der Waals surface area contributed by atoms with E-state index in [4.69, 9.17) is 9.26 Å². The van der Waals surface area contributed by atoms with Crippen molar-refractivity contribution < 1.29 is 18.8 Å². The summed E-state index contributed by atoms with van der Waals surface area (Å²) >= 11 is 0. The number of rotatable bonds is 5. The minimum Gasteiger partial charge on any atom is -0.378 e. The van der Waals surface area contributed by atoms with Crippen LogP contribution in [0.5, 0.6) is 0 Å². The predicted octanol–water partition coefficient (Wildman–Crippen LogP) is -0.214. The number of anilines is 1. The van der Waals surface area contributed by atoms with E-state index in [0.717, 1.165) is 26.2 Å². The number of nitrogens with one attached hydrogen (secondary N) is 1. The molecule has 3 rings (SSSR count). The topological polar surface area (TPSA) is 91.2 Å². The van der Waals surface area contributed by atoms with Crippen molar-refractivity contribution in [1.29, 1.82) is 0 Å². The van der Waals surface area contributed by atoms with Gasteiger partial charge in [0.05, 0.1) is 25.8 Å². The number of piperazine rings is 1. The Morgan fingerprint density at radius 2 is 1.88 bits per heavy atom. The Bertz CT molecular complexity index is 620. The molecule has 1 unspecified atom stereocenters. The third-order valence-corrected chi connectivity index (χ3v) is 4.94. The summed E-state index contributed by atoms with van der Waals surface area (Å²) in [5, 5.41) is 6.56. The number of amides is 2. The van der Waals surface area contributed by atoms with E-state index in [9.17, 15) is 9.59 Å². The van der Waals surface area contributed by atoms with E-state index < -0.39 is 0 Å². The summed E-state index contributed by atoms with van der Waals surface area (Å²) in [6, 6.07) is 1.43. The maximum atomic E-state index is 12.4. The lowest BCUT2D eigenvalue weighted by Crippen LogP contribution is -2.55. The molecule has 1 aromatic rings. The van der Waals surface area contributed by atoms with Crippen LogP contribution < -0.4 is 5.32 Å². The van der Waals surface area contributed by atoms with Crippen molar-refractivity contribution in [2.24, 2.45) is 0 Å². The highest BCUT2D eigenvalue weighted by atomic mass is 16.5. The number of ether oxygens (including phenoxy) is 1. The molecule has 144 valence electrons. The molecule has 0 saturated carbocycles. The van der Waals surface area contributed by atoms with E-state index in [1.54, 1.807) is 13.0 Å². The van der Waals surface area contributed by atoms with Gasteiger partial charge in [-0.1, -0.05) is 5.16 Å². The molecule has 0 bridgehead atoms. The van der Waals surface area contributed by atoms with Gasteiger partial charge in [0.1, 0.15) is 5.76 Å². The van der Waals surface area contributed by atoms with E-state index >= 15 is 0 Å². The number of hydrogen-bond acceptors (Lipinski definition) is 7. The molecule has 2 aliphatic heterocycles. The monoisotopic (exact) mass is 365 g/mol. The third-order valence-electron chi connectivity index (χ3n) is 4.94. The highest BCUT2D eigenvalue weighted by Crippen LogP contribution is 2.11. The van der Waals surface area contributed by atoms with Gasteiger partial charge in [-0.2, -0.15) is 0 Å². The minimum atomic E-state index is -0.260. The van der Waals surface area contributed by atoms with Crippen LogP contribution in [0.15, 0.2) is 10.6 Å². The predicted molar refractivity (Wildman–Crippen MR) is 94.7 cm³/mol. The SMILES string of the molecule is Cc1cc(NC(=O)C(C)N2CCN(CC(=O)N3CCOCC3)CC2)no1. The highest BCUT2D eigenvalue weighted by Gasteiger charge is 2.28. The molecule has 0 aromatic carbocycles. The molecule has 9 heteroatoms. The fourth-order valence-corrected chi connectivity index (χ4v) is 3.23. The van der Waals surface area contributed by atoms with E-state index in [0.29, 0.717) is 44.4 Å². The second-order valence-corrected chi connectivity index (χ2v) is 6.79. The van der Waals surface area contributed by atoms with Gasteiger partial charge in [0.2, 0.25) is 11.8 Å². The van der Waals surface area contributed by atoms with Gasteiger partial charge in [0.25, 0.3) is 0 Å². The van der Waals surface area contributed by atoms with E-state index in [2.05, 4.69) is 20.3 Å². The van der Waals surface area contributed by atoms with Gasteiger partial charge in [-0.25, -0.2) is 0 Å². The molecule has 9 nitrogen and oxygen atoms in total. The van der Waals surface area contributed by atoms with Crippen molar-refractivity contribution in [2.45, 2.75) is 19.9 Å². The summed E-state index contributed by atoms with van der Waals surface area (Å²) in [5.41, 5.74) is 0. The summed E-state index contributed by atoms with van der Waals surface area (Å²) in [5.74, 6) is 1.16. The smallest absolute Gasteiger partial charge is 0.242 e. The van der Waals surface area contributed by atoms with Crippen molar-refractivity contribution in [3.8, 4) is 0 Å². The summed E-state index contributed by atoms with van der Waals surface area (Å²) in [4.78, 5) is 30.8. The fourth-order valence-electron chi connectivity index (χ4n) is 3.23. The first-order valence-corrected chi connectivity index (χ1v) is 9.09. The lowest BCUT2D eigenvalue weighted by molar-refractivity contribution is -0.137. The average Bonchev–Trinajstić information content (AvgIpc) is 3.07. The largest absolute Gasteiger partial charge is 0.378 e. The van der Waals surface area contributed by atoms with Gasteiger partial charge in [-0.15, -0.1) is 0 Å². The maximum absolute atomic E-state index is 12.4. The van der Waals surface area contributed by atoms with Crippen molar-refractivity contribution in [2.75, 3.05) is 64.3 Å². The van der Waals surface area contributed by atoms with Crippen LogP contribution in [0, 0.1) is 6.92 Å². The molecule has 2 amide bonds. The first-order valence-electron chi connectivity index (χ1n) is 9.09. The lowest BCUT2D eigenvalue weighted by Gasteiger charge is -2.38. The molecular formula is C17H27N5O4. The van der Waals surface area contributed by atoms with Crippen molar-refractivity contribution in [3.05, 3.63) is 11.8 Å². The molecule has 3 heterocycles. The highest BCUT2D eigenvalue weighted by molar-refractivity contribution is 5.93. The summed E-state index contributed by atoms with van der Waals surface area (Å²) in [7, 11) is 0. The second-order valence-electron chi connectivity index (χ2n) is 6.79. The van der Waals surface area contributed by atoms with Crippen LogP contribution in [0.25, 0.3) is 0 Å². The number of carbonyl (C=O) groups excluding carboxylic acids is 2. The summed E-state index contributed by atoms with van der Waals surface area (Å²) in [6.45, 7) is 9.76. The molecule has 1 N–H and O–H groups in total. The zero-order chi connectivity index (χ0) is 18.5. The number of hydrogen-bond donors (Lipinski definition) is 1. The van der Waals surface area contributed by atoms with Gasteiger partial charge < -0.3 is 19.5 Å². The molecule has 1 atom stereocenters. The van der Waals surface area contributed by atoms with E-state index in [1.165, 1.54) is 0 Å². The molecule has 2 aliphatic rings. The number of carbonyl (C=O) groups is 2. The Labute approximate surface area is 153 Å². The summed E-state index contributed by atoms with van der Waals surface area (Å²) < 4.78 is 10.2. The molecule has 0 radical (unpaired) electrons. The minimum absolute atomic E-state index is 0.101. The number of aromatic nitrogens is 1. The Hall–Kier alpha value is -1.97. The van der Waals surface area contributed by atoms with Crippen LogP contribution in [0.1, 0.15) is 12.7 Å². The summed E-state index contributed by atoms with van der Waals surface area (Å²) in [6.07, 6.45) is 0. The van der Waals surface area contributed by atoms with Crippen LogP contribution in [-0.2, 0) is 14.3 Å². The Morgan fingerprint density at radius 1 is 1.19 bits per heavy atom. The van der Waals surface area contributed by atoms with Crippen LogP contribution in [0.4, 0.5) is 5.82 Å². The molecule has 2 fully saturated rings.